The average molecular weight is 342 g/mol. The number of hydrogen-bond donors (Lipinski definition) is 0. The number of aromatic nitrogens is 2. The number of hydrogen-bond acceptors (Lipinski definition) is 4. The van der Waals surface area contributed by atoms with Gasteiger partial charge >= 0.3 is 5.69 Å². The molecule has 126 valence electrons. The SMILES string of the molecule is O=c1nc(SCc2ccccc2)c2c(n1C[C@@H]1CCCO1)CCC2. The Labute approximate surface area is 146 Å². The average Bonchev–Trinajstić information content (AvgIpc) is 3.28. The van der Waals surface area contributed by atoms with Gasteiger partial charge in [0.1, 0.15) is 5.03 Å². The van der Waals surface area contributed by atoms with Gasteiger partial charge in [-0.3, -0.25) is 4.57 Å². The predicted octanol–water partition coefficient (Wildman–Crippen LogP) is 3.20. The van der Waals surface area contributed by atoms with Crippen LogP contribution < -0.4 is 5.69 Å². The van der Waals surface area contributed by atoms with Crippen LogP contribution in [0.2, 0.25) is 0 Å². The van der Waals surface area contributed by atoms with Crippen molar-refractivity contribution >= 4 is 11.8 Å². The van der Waals surface area contributed by atoms with Crippen molar-refractivity contribution in [1.29, 1.82) is 0 Å². The van der Waals surface area contributed by atoms with Crippen LogP contribution in [-0.4, -0.2) is 22.3 Å². The van der Waals surface area contributed by atoms with Crippen molar-refractivity contribution in [2.24, 2.45) is 0 Å². The molecule has 0 spiro atoms. The zero-order chi connectivity index (χ0) is 16.4. The van der Waals surface area contributed by atoms with Gasteiger partial charge in [0.05, 0.1) is 12.6 Å². The fraction of sp³-hybridized carbons (Fsp3) is 0.474. The number of nitrogens with zero attached hydrogens (tertiary/aromatic N) is 2. The largest absolute Gasteiger partial charge is 0.376 e. The third-order valence-electron chi connectivity index (χ3n) is 4.83. The van der Waals surface area contributed by atoms with E-state index in [-0.39, 0.29) is 11.8 Å². The van der Waals surface area contributed by atoms with Crippen LogP contribution in [0.5, 0.6) is 0 Å². The Morgan fingerprint density at radius 3 is 2.88 bits per heavy atom. The first-order valence-corrected chi connectivity index (χ1v) is 9.71. The minimum atomic E-state index is -0.110. The molecule has 0 saturated carbocycles. The Morgan fingerprint density at radius 2 is 2.08 bits per heavy atom. The molecule has 2 aromatic rings. The lowest BCUT2D eigenvalue weighted by molar-refractivity contribution is 0.0950. The second-order valence-electron chi connectivity index (χ2n) is 6.50. The van der Waals surface area contributed by atoms with Crippen LogP contribution in [0.1, 0.15) is 36.1 Å². The lowest BCUT2D eigenvalue weighted by Crippen LogP contribution is -2.31. The fourth-order valence-corrected chi connectivity index (χ4v) is 4.64. The Kier molecular flexibility index (Phi) is 4.72. The van der Waals surface area contributed by atoms with Crippen molar-refractivity contribution in [3.05, 3.63) is 57.6 Å². The van der Waals surface area contributed by atoms with E-state index in [0.717, 1.165) is 49.5 Å². The monoisotopic (exact) mass is 342 g/mol. The van der Waals surface area contributed by atoms with E-state index in [9.17, 15) is 4.79 Å². The maximum Gasteiger partial charge on any atom is 0.348 e. The summed E-state index contributed by atoms with van der Waals surface area (Å²) in [6, 6.07) is 10.4. The highest BCUT2D eigenvalue weighted by molar-refractivity contribution is 7.98. The lowest BCUT2D eigenvalue weighted by Gasteiger charge is -2.17. The summed E-state index contributed by atoms with van der Waals surface area (Å²) in [5.74, 6) is 0.857. The van der Waals surface area contributed by atoms with E-state index >= 15 is 0 Å². The van der Waals surface area contributed by atoms with Gasteiger partial charge in [-0.25, -0.2) is 4.79 Å². The van der Waals surface area contributed by atoms with Gasteiger partial charge in [0.15, 0.2) is 0 Å². The fourth-order valence-electron chi connectivity index (χ4n) is 3.61. The van der Waals surface area contributed by atoms with E-state index in [2.05, 4.69) is 17.1 Å². The van der Waals surface area contributed by atoms with Crippen LogP contribution in [0.25, 0.3) is 0 Å². The first-order valence-electron chi connectivity index (χ1n) is 8.72. The minimum absolute atomic E-state index is 0.110. The lowest BCUT2D eigenvalue weighted by atomic mass is 10.2. The standard InChI is InChI=1S/C19H22N2O2S/c22-19-20-18(24-13-14-6-2-1-3-7-14)16-9-4-10-17(16)21(19)12-15-8-5-11-23-15/h1-3,6-7,15H,4-5,8-13H2/t15-/m0/s1. The second kappa shape index (κ2) is 7.11. The molecule has 1 aromatic carbocycles. The Morgan fingerprint density at radius 1 is 1.21 bits per heavy atom. The first kappa shape index (κ1) is 15.9. The van der Waals surface area contributed by atoms with Crippen LogP contribution in [-0.2, 0) is 29.9 Å². The van der Waals surface area contributed by atoms with Gasteiger partial charge in [-0.1, -0.05) is 30.3 Å². The molecule has 1 aliphatic heterocycles. The molecule has 1 aliphatic carbocycles. The third kappa shape index (κ3) is 3.28. The van der Waals surface area contributed by atoms with E-state index in [1.54, 1.807) is 11.8 Å². The minimum Gasteiger partial charge on any atom is -0.376 e. The summed E-state index contributed by atoms with van der Waals surface area (Å²) in [4.78, 5) is 17.0. The summed E-state index contributed by atoms with van der Waals surface area (Å²) in [5.41, 5.74) is 3.64. The number of rotatable bonds is 5. The van der Waals surface area contributed by atoms with Crippen molar-refractivity contribution in [3.8, 4) is 0 Å². The van der Waals surface area contributed by atoms with Crippen molar-refractivity contribution in [2.45, 2.75) is 55.5 Å². The molecule has 0 N–H and O–H groups in total. The van der Waals surface area contributed by atoms with Gasteiger partial charge < -0.3 is 4.74 Å². The van der Waals surface area contributed by atoms with E-state index in [1.807, 2.05) is 22.8 Å². The summed E-state index contributed by atoms with van der Waals surface area (Å²) in [7, 11) is 0. The van der Waals surface area contributed by atoms with Crippen LogP contribution in [0.4, 0.5) is 0 Å². The smallest absolute Gasteiger partial charge is 0.348 e. The maximum atomic E-state index is 12.6. The molecule has 1 atom stereocenters. The molecule has 0 radical (unpaired) electrons. The zero-order valence-corrected chi connectivity index (χ0v) is 14.6. The topological polar surface area (TPSA) is 44.1 Å². The molecule has 0 unspecified atom stereocenters. The molecule has 0 amide bonds. The molecule has 2 heterocycles. The summed E-state index contributed by atoms with van der Waals surface area (Å²) < 4.78 is 7.59. The molecule has 4 nitrogen and oxygen atoms in total. The van der Waals surface area contributed by atoms with Crippen LogP contribution in [0, 0.1) is 0 Å². The quantitative estimate of drug-likeness (QED) is 0.618. The van der Waals surface area contributed by atoms with E-state index < -0.39 is 0 Å². The molecule has 0 bridgehead atoms. The van der Waals surface area contributed by atoms with Crippen molar-refractivity contribution in [1.82, 2.24) is 9.55 Å². The summed E-state index contributed by atoms with van der Waals surface area (Å²) >= 11 is 1.69. The number of thioether (sulfide) groups is 1. The zero-order valence-electron chi connectivity index (χ0n) is 13.7. The maximum absolute atomic E-state index is 12.6. The third-order valence-corrected chi connectivity index (χ3v) is 5.92. The first-order chi connectivity index (χ1) is 11.8. The molecule has 1 saturated heterocycles. The van der Waals surface area contributed by atoms with Crippen molar-refractivity contribution < 1.29 is 4.74 Å². The van der Waals surface area contributed by atoms with Gasteiger partial charge in [-0.15, -0.1) is 11.8 Å². The van der Waals surface area contributed by atoms with Crippen LogP contribution in [0.15, 0.2) is 40.2 Å². The summed E-state index contributed by atoms with van der Waals surface area (Å²) in [6.07, 6.45) is 5.46. The van der Waals surface area contributed by atoms with Gasteiger partial charge in [-0.05, 0) is 37.7 Å². The molecular weight excluding hydrogens is 320 g/mol. The Hall–Kier alpha value is -1.59. The second-order valence-corrected chi connectivity index (χ2v) is 7.46. The molecule has 1 fully saturated rings. The highest BCUT2D eigenvalue weighted by Crippen LogP contribution is 2.31. The van der Waals surface area contributed by atoms with Gasteiger partial charge in [0.25, 0.3) is 0 Å². The van der Waals surface area contributed by atoms with Crippen molar-refractivity contribution in [2.75, 3.05) is 6.61 Å². The molecule has 1 aromatic heterocycles. The number of ether oxygens (including phenoxy) is 1. The van der Waals surface area contributed by atoms with Gasteiger partial charge in [0, 0.05) is 23.6 Å². The Bertz CT molecular complexity index is 767. The van der Waals surface area contributed by atoms with E-state index in [1.165, 1.54) is 16.8 Å². The summed E-state index contributed by atoms with van der Waals surface area (Å²) in [6.45, 7) is 1.48. The predicted molar refractivity (Wildman–Crippen MR) is 95.5 cm³/mol. The van der Waals surface area contributed by atoms with Gasteiger partial charge in [-0.2, -0.15) is 4.98 Å². The van der Waals surface area contributed by atoms with E-state index in [4.69, 9.17) is 4.74 Å². The molecule has 5 heteroatoms. The normalized spacial score (nSPS) is 19.6. The van der Waals surface area contributed by atoms with Gasteiger partial charge in [0.2, 0.25) is 0 Å². The summed E-state index contributed by atoms with van der Waals surface area (Å²) in [5, 5.41) is 0.931. The van der Waals surface area contributed by atoms with Crippen molar-refractivity contribution in [3.63, 3.8) is 0 Å². The van der Waals surface area contributed by atoms with Crippen LogP contribution in [0.3, 0.4) is 0 Å². The number of benzene rings is 1. The highest BCUT2D eigenvalue weighted by Gasteiger charge is 2.25. The highest BCUT2D eigenvalue weighted by atomic mass is 32.2. The molecule has 2 aliphatic rings. The molecule has 24 heavy (non-hydrogen) atoms. The number of fused-ring (bicyclic) bond motifs is 1. The Balaban J connectivity index is 1.58. The van der Waals surface area contributed by atoms with E-state index in [0.29, 0.717) is 6.54 Å². The molecular formula is C19H22N2O2S. The van der Waals surface area contributed by atoms with Crippen LogP contribution >= 0.6 is 11.8 Å². The molecule has 4 rings (SSSR count).